The molecule has 1 N–H and O–H groups in total. The van der Waals surface area contributed by atoms with Crippen LogP contribution in [0.3, 0.4) is 0 Å². The topological polar surface area (TPSA) is 119 Å². The number of thioether (sulfide) groups is 1. The molecule has 2 aromatic carbocycles. The van der Waals surface area contributed by atoms with Gasteiger partial charge in [-0.2, -0.15) is 0 Å². The summed E-state index contributed by atoms with van der Waals surface area (Å²) in [6.45, 7) is 1.62. The van der Waals surface area contributed by atoms with Crippen LogP contribution in [-0.4, -0.2) is 53.4 Å². The number of esters is 1. The molecule has 1 unspecified atom stereocenters. The van der Waals surface area contributed by atoms with Crippen LogP contribution in [0.25, 0.3) is 6.08 Å². The summed E-state index contributed by atoms with van der Waals surface area (Å²) in [4.78, 5) is 48.6. The third-order valence-electron chi connectivity index (χ3n) is 4.83. The van der Waals surface area contributed by atoms with Crippen LogP contribution in [-0.2, 0) is 20.9 Å². The maximum atomic E-state index is 12.6. The standard InChI is InChI=1S/C23H21NO8S/c1-13(22(28)31-3)24-20(25)19(33-23(24)29)11-15-6-9-17(18(10-15)30-2)32-12-14-4-7-16(8-5-14)21(26)27/h4-11,13H,12H2,1-3H3,(H,26,27)/b19-11-. The first-order valence-electron chi connectivity index (χ1n) is 9.73. The molecule has 1 saturated heterocycles. The van der Waals surface area contributed by atoms with Crippen molar-refractivity contribution in [3.05, 3.63) is 64.1 Å². The number of rotatable bonds is 8. The van der Waals surface area contributed by atoms with E-state index in [-0.39, 0.29) is 17.1 Å². The largest absolute Gasteiger partial charge is 0.493 e. The normalized spacial score (nSPS) is 15.5. The molecule has 2 aromatic rings. The van der Waals surface area contributed by atoms with Crippen molar-refractivity contribution in [1.82, 2.24) is 4.90 Å². The summed E-state index contributed by atoms with van der Waals surface area (Å²) in [5.41, 5.74) is 1.56. The van der Waals surface area contributed by atoms with Gasteiger partial charge in [0.05, 0.1) is 24.7 Å². The molecule has 9 nitrogen and oxygen atoms in total. The second-order valence-corrected chi connectivity index (χ2v) is 7.95. The summed E-state index contributed by atoms with van der Waals surface area (Å²) in [5.74, 6) is -1.40. The quantitative estimate of drug-likeness (QED) is 0.455. The molecule has 0 aliphatic carbocycles. The average Bonchev–Trinajstić information content (AvgIpc) is 3.09. The Morgan fingerprint density at radius 2 is 1.79 bits per heavy atom. The van der Waals surface area contributed by atoms with Gasteiger partial charge in [-0.05, 0) is 60.2 Å². The minimum atomic E-state index is -1.02. The summed E-state index contributed by atoms with van der Waals surface area (Å²) >= 11 is 0.738. The van der Waals surface area contributed by atoms with Crippen molar-refractivity contribution in [2.75, 3.05) is 14.2 Å². The summed E-state index contributed by atoms with van der Waals surface area (Å²) in [6, 6.07) is 10.3. The summed E-state index contributed by atoms with van der Waals surface area (Å²) < 4.78 is 15.8. The number of carboxylic acids is 1. The number of carboxylic acid groups (broad SMARTS) is 1. The van der Waals surface area contributed by atoms with Gasteiger partial charge in [-0.25, -0.2) is 9.59 Å². The number of benzene rings is 2. The van der Waals surface area contributed by atoms with Crippen LogP contribution in [0.4, 0.5) is 4.79 Å². The maximum Gasteiger partial charge on any atom is 0.335 e. The summed E-state index contributed by atoms with van der Waals surface area (Å²) in [5, 5.41) is 8.42. The van der Waals surface area contributed by atoms with Gasteiger partial charge in [-0.1, -0.05) is 18.2 Å². The Labute approximate surface area is 193 Å². The molecule has 3 rings (SSSR count). The molecular weight excluding hydrogens is 450 g/mol. The molecule has 33 heavy (non-hydrogen) atoms. The van der Waals surface area contributed by atoms with Crippen LogP contribution in [0.15, 0.2) is 47.4 Å². The fraction of sp³-hybridized carbons (Fsp3) is 0.217. The zero-order chi connectivity index (χ0) is 24.1. The second-order valence-electron chi connectivity index (χ2n) is 6.95. The lowest BCUT2D eigenvalue weighted by molar-refractivity contribution is -0.148. The van der Waals surface area contributed by atoms with Crippen LogP contribution in [0, 0.1) is 0 Å². The third-order valence-corrected chi connectivity index (χ3v) is 5.72. The second kappa shape index (κ2) is 10.2. The van der Waals surface area contributed by atoms with E-state index in [1.54, 1.807) is 30.3 Å². The first kappa shape index (κ1) is 23.9. The predicted molar refractivity (Wildman–Crippen MR) is 120 cm³/mol. The molecule has 1 aliphatic heterocycles. The number of carbonyl (C=O) groups excluding carboxylic acids is 3. The lowest BCUT2D eigenvalue weighted by atomic mass is 10.1. The van der Waals surface area contributed by atoms with E-state index in [1.165, 1.54) is 39.4 Å². The molecular formula is C23H21NO8S. The SMILES string of the molecule is COC(=O)C(C)N1C(=O)S/C(=C\c2ccc(OCc3ccc(C(=O)O)cc3)c(OC)c2)C1=O. The van der Waals surface area contributed by atoms with Crippen LogP contribution < -0.4 is 9.47 Å². The number of hydrogen-bond donors (Lipinski definition) is 1. The number of imide groups is 1. The van der Waals surface area contributed by atoms with Crippen LogP contribution >= 0.6 is 11.8 Å². The minimum Gasteiger partial charge on any atom is -0.493 e. The molecule has 1 heterocycles. The van der Waals surface area contributed by atoms with E-state index < -0.39 is 29.1 Å². The van der Waals surface area contributed by atoms with Gasteiger partial charge in [0.15, 0.2) is 11.5 Å². The number of hydrogen-bond acceptors (Lipinski definition) is 8. The van der Waals surface area contributed by atoms with Crippen molar-refractivity contribution in [3.63, 3.8) is 0 Å². The van der Waals surface area contributed by atoms with Gasteiger partial charge in [-0.15, -0.1) is 0 Å². The number of methoxy groups -OCH3 is 2. The monoisotopic (exact) mass is 471 g/mol. The average molecular weight is 471 g/mol. The molecule has 1 aliphatic rings. The van der Waals surface area contributed by atoms with E-state index in [4.69, 9.17) is 14.6 Å². The zero-order valence-electron chi connectivity index (χ0n) is 18.1. The molecule has 0 saturated carbocycles. The van der Waals surface area contributed by atoms with Crippen molar-refractivity contribution in [2.24, 2.45) is 0 Å². The Hall–Kier alpha value is -3.79. The molecule has 0 aromatic heterocycles. The van der Waals surface area contributed by atoms with Crippen LogP contribution in [0.2, 0.25) is 0 Å². The third kappa shape index (κ3) is 5.35. The Balaban J connectivity index is 1.74. The fourth-order valence-electron chi connectivity index (χ4n) is 3.04. The number of carbonyl (C=O) groups is 4. The van der Waals surface area contributed by atoms with Crippen LogP contribution in [0.1, 0.15) is 28.4 Å². The molecule has 10 heteroatoms. The van der Waals surface area contributed by atoms with E-state index in [1.807, 2.05) is 0 Å². The number of amides is 2. The predicted octanol–water partition coefficient (Wildman–Crippen LogP) is 3.57. The molecule has 0 bridgehead atoms. The van der Waals surface area contributed by atoms with Gasteiger partial charge in [0.25, 0.3) is 11.1 Å². The molecule has 0 radical (unpaired) electrons. The zero-order valence-corrected chi connectivity index (χ0v) is 18.9. The number of ether oxygens (including phenoxy) is 3. The minimum absolute atomic E-state index is 0.171. The van der Waals surface area contributed by atoms with Crippen molar-refractivity contribution in [3.8, 4) is 11.5 Å². The molecule has 0 spiro atoms. The Kier molecular flexibility index (Phi) is 7.39. The van der Waals surface area contributed by atoms with E-state index in [9.17, 15) is 19.2 Å². The van der Waals surface area contributed by atoms with Crippen molar-refractivity contribution in [2.45, 2.75) is 19.6 Å². The molecule has 172 valence electrons. The Morgan fingerprint density at radius 1 is 1.09 bits per heavy atom. The molecule has 1 fully saturated rings. The molecule has 2 amide bonds. The lowest BCUT2D eigenvalue weighted by Gasteiger charge is -2.18. The first-order valence-corrected chi connectivity index (χ1v) is 10.5. The highest BCUT2D eigenvalue weighted by atomic mass is 32.2. The molecule has 1 atom stereocenters. The highest BCUT2D eigenvalue weighted by Crippen LogP contribution is 2.35. The van der Waals surface area contributed by atoms with Crippen molar-refractivity contribution < 1.29 is 38.5 Å². The number of nitrogens with zero attached hydrogens (tertiary/aromatic N) is 1. The number of aromatic carboxylic acids is 1. The lowest BCUT2D eigenvalue weighted by Crippen LogP contribution is -2.42. The van der Waals surface area contributed by atoms with E-state index in [0.717, 1.165) is 22.2 Å². The highest BCUT2D eigenvalue weighted by Gasteiger charge is 2.41. The van der Waals surface area contributed by atoms with Gasteiger partial charge in [0, 0.05) is 0 Å². The van der Waals surface area contributed by atoms with Gasteiger partial charge in [0.1, 0.15) is 12.6 Å². The van der Waals surface area contributed by atoms with Crippen LogP contribution in [0.5, 0.6) is 11.5 Å². The Morgan fingerprint density at radius 3 is 2.39 bits per heavy atom. The first-order chi connectivity index (χ1) is 15.7. The fourth-order valence-corrected chi connectivity index (χ4v) is 3.95. The smallest absolute Gasteiger partial charge is 0.335 e. The van der Waals surface area contributed by atoms with Gasteiger partial charge in [0.2, 0.25) is 0 Å². The van der Waals surface area contributed by atoms with Crippen molar-refractivity contribution >= 4 is 40.9 Å². The van der Waals surface area contributed by atoms with E-state index >= 15 is 0 Å². The van der Waals surface area contributed by atoms with Gasteiger partial charge >= 0.3 is 11.9 Å². The maximum absolute atomic E-state index is 12.6. The van der Waals surface area contributed by atoms with Gasteiger partial charge in [-0.3, -0.25) is 14.5 Å². The summed E-state index contributed by atoms with van der Waals surface area (Å²) in [7, 11) is 2.66. The van der Waals surface area contributed by atoms with E-state index in [0.29, 0.717) is 17.1 Å². The summed E-state index contributed by atoms with van der Waals surface area (Å²) in [6.07, 6.45) is 1.53. The van der Waals surface area contributed by atoms with E-state index in [2.05, 4.69) is 4.74 Å². The highest BCUT2D eigenvalue weighted by molar-refractivity contribution is 8.18. The van der Waals surface area contributed by atoms with Crippen molar-refractivity contribution in [1.29, 1.82) is 0 Å². The van der Waals surface area contributed by atoms with Gasteiger partial charge < -0.3 is 19.3 Å². The Bertz CT molecular complexity index is 1130.